The number of aromatic hydroxyl groups is 1. The highest BCUT2D eigenvalue weighted by Gasteiger charge is 2.02. The maximum absolute atomic E-state index is 9.61. The second-order valence-corrected chi connectivity index (χ2v) is 4.53. The fourth-order valence-corrected chi connectivity index (χ4v) is 1.89. The van der Waals surface area contributed by atoms with Gasteiger partial charge in [-0.05, 0) is 51.7 Å². The molecular formula is C15H15BrO. The number of hydrogen-bond donors (Lipinski definition) is 1. The van der Waals surface area contributed by atoms with Gasteiger partial charge in [-0.25, -0.2) is 0 Å². The second kappa shape index (κ2) is 6.26. The smallest absolute Gasteiger partial charge is 0.132 e. The summed E-state index contributed by atoms with van der Waals surface area (Å²) >= 11 is 3.31. The van der Waals surface area contributed by atoms with Gasteiger partial charge in [0.05, 0.1) is 4.47 Å². The topological polar surface area (TPSA) is 20.2 Å². The number of halogens is 1. The van der Waals surface area contributed by atoms with Gasteiger partial charge < -0.3 is 5.11 Å². The van der Waals surface area contributed by atoms with Crippen LogP contribution in [0.4, 0.5) is 0 Å². The van der Waals surface area contributed by atoms with Gasteiger partial charge in [-0.3, -0.25) is 0 Å². The zero-order chi connectivity index (χ0) is 12.8. The second-order valence-electron chi connectivity index (χ2n) is 3.67. The van der Waals surface area contributed by atoms with Crippen molar-refractivity contribution in [3.63, 3.8) is 0 Å². The molecule has 1 N–H and O–H groups in total. The molecule has 0 atom stereocenters. The Labute approximate surface area is 111 Å². The summed E-state index contributed by atoms with van der Waals surface area (Å²) in [7, 11) is 0. The summed E-state index contributed by atoms with van der Waals surface area (Å²) < 4.78 is 0.699. The number of phenolic OH excluding ortho intramolecular Hbond substituents is 1. The Bertz CT molecular complexity index is 473. The van der Waals surface area contributed by atoms with Gasteiger partial charge in [0.15, 0.2) is 0 Å². The number of allylic oxidation sites excluding steroid dienone is 5. The zero-order valence-corrected chi connectivity index (χ0v) is 11.4. The monoisotopic (exact) mass is 290 g/mol. The number of phenols is 1. The molecule has 17 heavy (non-hydrogen) atoms. The Kier molecular flexibility index (Phi) is 4.98. The van der Waals surface area contributed by atoms with Crippen LogP contribution in [0.15, 0.2) is 59.6 Å². The van der Waals surface area contributed by atoms with E-state index in [1.807, 2.05) is 43.4 Å². The number of rotatable bonds is 4. The first kappa shape index (κ1) is 13.5. The Balaban J connectivity index is 2.89. The molecule has 0 radical (unpaired) electrons. The van der Waals surface area contributed by atoms with Crippen LogP contribution in [0.3, 0.4) is 0 Å². The van der Waals surface area contributed by atoms with Crippen LogP contribution in [0.25, 0.3) is 6.08 Å². The lowest BCUT2D eigenvalue weighted by atomic mass is 10.1. The van der Waals surface area contributed by atoms with Crippen molar-refractivity contribution in [2.24, 2.45) is 0 Å². The van der Waals surface area contributed by atoms with E-state index >= 15 is 0 Å². The Hall–Kier alpha value is -1.54. The lowest BCUT2D eigenvalue weighted by Gasteiger charge is -2.03. The molecule has 0 bridgehead atoms. The molecule has 0 heterocycles. The summed E-state index contributed by atoms with van der Waals surface area (Å²) in [5, 5.41) is 9.61. The summed E-state index contributed by atoms with van der Waals surface area (Å²) in [5.74, 6) is 0.285. The third kappa shape index (κ3) is 4.08. The average Bonchev–Trinajstić information content (AvgIpc) is 2.30. The van der Waals surface area contributed by atoms with Crippen molar-refractivity contribution < 1.29 is 5.11 Å². The third-order valence-corrected chi connectivity index (χ3v) is 2.82. The van der Waals surface area contributed by atoms with Crippen molar-refractivity contribution in [3.05, 3.63) is 70.8 Å². The highest BCUT2D eigenvalue weighted by Crippen LogP contribution is 2.29. The van der Waals surface area contributed by atoms with Crippen molar-refractivity contribution >= 4 is 22.0 Å². The Morgan fingerprint density at radius 2 is 2.06 bits per heavy atom. The molecule has 0 spiro atoms. The van der Waals surface area contributed by atoms with Gasteiger partial charge in [0.1, 0.15) is 5.75 Å². The predicted octanol–water partition coefficient (Wildman–Crippen LogP) is 4.77. The summed E-state index contributed by atoms with van der Waals surface area (Å²) in [6.45, 7) is 9.35. The van der Waals surface area contributed by atoms with Crippen LogP contribution in [0.2, 0.25) is 0 Å². The van der Waals surface area contributed by atoms with Crippen LogP contribution in [0, 0.1) is 6.92 Å². The molecule has 0 amide bonds. The van der Waals surface area contributed by atoms with E-state index in [0.29, 0.717) is 4.47 Å². The van der Waals surface area contributed by atoms with Gasteiger partial charge in [0.2, 0.25) is 0 Å². The standard InChI is InChI=1S/C15H15BrO/c1-4-5-6-11(2)7-8-13-9-12(3)15(17)14(16)10-13/h4-10,17H,1-2H2,3H3. The van der Waals surface area contributed by atoms with Gasteiger partial charge in [-0.2, -0.15) is 0 Å². The normalized spacial score (nSPS) is 11.2. The summed E-state index contributed by atoms with van der Waals surface area (Å²) in [5.41, 5.74) is 2.75. The lowest BCUT2D eigenvalue weighted by Crippen LogP contribution is -1.80. The molecule has 0 unspecified atom stereocenters. The molecule has 0 aliphatic heterocycles. The number of aryl methyl sites for hydroxylation is 1. The average molecular weight is 291 g/mol. The molecule has 0 aliphatic rings. The van der Waals surface area contributed by atoms with Gasteiger partial charge >= 0.3 is 0 Å². The first-order valence-corrected chi connectivity index (χ1v) is 5.99. The van der Waals surface area contributed by atoms with E-state index < -0.39 is 0 Å². The highest BCUT2D eigenvalue weighted by atomic mass is 79.9. The molecule has 0 fully saturated rings. The zero-order valence-electron chi connectivity index (χ0n) is 9.78. The van der Waals surface area contributed by atoms with Crippen LogP contribution in [-0.4, -0.2) is 5.11 Å². The molecule has 0 saturated heterocycles. The molecular weight excluding hydrogens is 276 g/mol. The van der Waals surface area contributed by atoms with Crippen molar-refractivity contribution in [1.29, 1.82) is 0 Å². The number of hydrogen-bond acceptors (Lipinski definition) is 1. The number of benzene rings is 1. The van der Waals surface area contributed by atoms with Crippen LogP contribution in [-0.2, 0) is 0 Å². The molecule has 1 aromatic carbocycles. The quantitative estimate of drug-likeness (QED) is 0.792. The predicted molar refractivity (Wildman–Crippen MR) is 78.1 cm³/mol. The van der Waals surface area contributed by atoms with E-state index in [9.17, 15) is 5.11 Å². The molecule has 1 aromatic rings. The van der Waals surface area contributed by atoms with Crippen molar-refractivity contribution in [2.45, 2.75) is 6.92 Å². The van der Waals surface area contributed by atoms with Gasteiger partial charge in [0, 0.05) is 0 Å². The molecule has 2 heteroatoms. The minimum Gasteiger partial charge on any atom is -0.506 e. The van der Waals surface area contributed by atoms with Crippen molar-refractivity contribution in [2.75, 3.05) is 0 Å². The summed E-state index contributed by atoms with van der Waals surface area (Å²) in [6.07, 6.45) is 9.29. The third-order valence-electron chi connectivity index (χ3n) is 2.21. The van der Waals surface area contributed by atoms with Crippen LogP contribution < -0.4 is 0 Å². The molecule has 1 nitrogen and oxygen atoms in total. The van der Waals surface area contributed by atoms with E-state index in [0.717, 1.165) is 16.7 Å². The van der Waals surface area contributed by atoms with Crippen LogP contribution >= 0.6 is 15.9 Å². The summed E-state index contributed by atoms with van der Waals surface area (Å²) in [6, 6.07) is 3.78. The van der Waals surface area contributed by atoms with Gasteiger partial charge in [-0.1, -0.05) is 43.5 Å². The maximum Gasteiger partial charge on any atom is 0.132 e. The van der Waals surface area contributed by atoms with E-state index in [4.69, 9.17) is 0 Å². The molecule has 0 aromatic heterocycles. The maximum atomic E-state index is 9.61. The van der Waals surface area contributed by atoms with E-state index in [2.05, 4.69) is 29.1 Å². The minimum absolute atomic E-state index is 0.285. The van der Waals surface area contributed by atoms with Gasteiger partial charge in [-0.15, -0.1) is 0 Å². The fourth-order valence-electron chi connectivity index (χ4n) is 1.31. The van der Waals surface area contributed by atoms with E-state index in [1.54, 1.807) is 6.08 Å². The van der Waals surface area contributed by atoms with Crippen LogP contribution in [0.5, 0.6) is 5.75 Å². The largest absolute Gasteiger partial charge is 0.506 e. The van der Waals surface area contributed by atoms with Crippen molar-refractivity contribution in [1.82, 2.24) is 0 Å². The van der Waals surface area contributed by atoms with E-state index in [-0.39, 0.29) is 5.75 Å². The molecule has 0 saturated carbocycles. The fraction of sp³-hybridized carbons (Fsp3) is 0.0667. The molecule has 0 aliphatic carbocycles. The van der Waals surface area contributed by atoms with E-state index in [1.165, 1.54) is 0 Å². The summed E-state index contributed by atoms with van der Waals surface area (Å²) in [4.78, 5) is 0. The van der Waals surface area contributed by atoms with Crippen LogP contribution in [0.1, 0.15) is 11.1 Å². The van der Waals surface area contributed by atoms with Gasteiger partial charge in [0.25, 0.3) is 0 Å². The highest BCUT2D eigenvalue weighted by molar-refractivity contribution is 9.10. The van der Waals surface area contributed by atoms with Crippen molar-refractivity contribution in [3.8, 4) is 5.75 Å². The first-order chi connectivity index (χ1) is 8.04. The molecule has 1 rings (SSSR count). The first-order valence-electron chi connectivity index (χ1n) is 5.20. The SMILES string of the molecule is C=CC=CC(=C)C=Cc1cc(C)c(O)c(Br)c1. The minimum atomic E-state index is 0.285. The molecule has 88 valence electrons. The Morgan fingerprint density at radius 1 is 1.35 bits per heavy atom. The lowest BCUT2D eigenvalue weighted by molar-refractivity contribution is 0.467. The Morgan fingerprint density at radius 3 is 2.65 bits per heavy atom.